The Morgan fingerprint density at radius 1 is 1.00 bits per heavy atom. The molecule has 1 heterocycles. The second-order valence-electron chi connectivity index (χ2n) is 4.62. The van der Waals surface area contributed by atoms with Crippen molar-refractivity contribution < 1.29 is 13.6 Å². The average molecular weight is 319 g/mol. The second kappa shape index (κ2) is 5.69. The number of aromatic nitrogens is 1. The molecule has 3 nitrogen and oxygen atoms in total. The standard InChI is InChI=1S/C16H9ClF2N2O/c17-15-13(7-9-1-2-11(19)8-14(9)21-15)16(22)20-12-5-3-10(18)4-6-12/h1-8H,(H,20,22). The average Bonchev–Trinajstić information content (AvgIpc) is 2.48. The van der Waals surface area contributed by atoms with Gasteiger partial charge in [0.05, 0.1) is 11.1 Å². The van der Waals surface area contributed by atoms with Crippen molar-refractivity contribution in [3.8, 4) is 0 Å². The van der Waals surface area contributed by atoms with E-state index in [1.807, 2.05) is 0 Å². The number of amides is 1. The SMILES string of the molecule is O=C(Nc1ccc(F)cc1)c1cc2ccc(F)cc2nc1Cl. The van der Waals surface area contributed by atoms with Gasteiger partial charge in [0.2, 0.25) is 0 Å². The van der Waals surface area contributed by atoms with Crippen molar-refractivity contribution in [3.63, 3.8) is 0 Å². The lowest BCUT2D eigenvalue weighted by Gasteiger charge is -2.08. The van der Waals surface area contributed by atoms with Crippen molar-refractivity contribution in [2.75, 3.05) is 5.32 Å². The Balaban J connectivity index is 1.94. The molecular formula is C16H9ClF2N2O. The van der Waals surface area contributed by atoms with Gasteiger partial charge in [-0.2, -0.15) is 0 Å². The Labute approximate surface area is 129 Å². The number of nitrogens with one attached hydrogen (secondary N) is 1. The summed E-state index contributed by atoms with van der Waals surface area (Å²) in [6.07, 6.45) is 0. The van der Waals surface area contributed by atoms with Gasteiger partial charge in [0.25, 0.3) is 5.91 Å². The van der Waals surface area contributed by atoms with Gasteiger partial charge >= 0.3 is 0 Å². The fourth-order valence-corrected chi connectivity index (χ4v) is 2.24. The van der Waals surface area contributed by atoms with Crippen molar-refractivity contribution in [2.45, 2.75) is 0 Å². The monoisotopic (exact) mass is 318 g/mol. The van der Waals surface area contributed by atoms with E-state index in [2.05, 4.69) is 10.3 Å². The Hall–Kier alpha value is -2.53. The number of rotatable bonds is 2. The van der Waals surface area contributed by atoms with Gasteiger partial charge in [0, 0.05) is 17.1 Å². The van der Waals surface area contributed by atoms with Gasteiger partial charge in [0.15, 0.2) is 0 Å². The number of benzene rings is 2. The van der Waals surface area contributed by atoms with Gasteiger partial charge in [-0.25, -0.2) is 13.8 Å². The molecule has 0 atom stereocenters. The molecule has 6 heteroatoms. The first-order valence-corrected chi connectivity index (χ1v) is 6.73. The van der Waals surface area contributed by atoms with E-state index in [0.29, 0.717) is 16.6 Å². The summed E-state index contributed by atoms with van der Waals surface area (Å²) in [6, 6.07) is 10.9. The molecule has 3 aromatic rings. The van der Waals surface area contributed by atoms with Crippen LogP contribution in [-0.4, -0.2) is 10.9 Å². The molecule has 0 aliphatic heterocycles. The fraction of sp³-hybridized carbons (Fsp3) is 0. The number of fused-ring (bicyclic) bond motifs is 1. The first-order chi connectivity index (χ1) is 10.5. The molecule has 0 saturated heterocycles. The third kappa shape index (κ3) is 2.89. The molecule has 110 valence electrons. The number of hydrogen-bond donors (Lipinski definition) is 1. The lowest BCUT2D eigenvalue weighted by Crippen LogP contribution is -2.13. The zero-order valence-corrected chi connectivity index (χ0v) is 11.9. The maximum Gasteiger partial charge on any atom is 0.258 e. The summed E-state index contributed by atoms with van der Waals surface area (Å²) in [5, 5.41) is 3.16. The molecular weight excluding hydrogens is 310 g/mol. The van der Waals surface area contributed by atoms with Gasteiger partial charge in [-0.1, -0.05) is 11.6 Å². The Bertz CT molecular complexity index is 866. The van der Waals surface area contributed by atoms with Gasteiger partial charge in [-0.3, -0.25) is 4.79 Å². The van der Waals surface area contributed by atoms with E-state index in [1.165, 1.54) is 48.5 Å². The molecule has 3 rings (SSSR count). The number of hydrogen-bond acceptors (Lipinski definition) is 2. The normalized spacial score (nSPS) is 10.7. The summed E-state index contributed by atoms with van der Waals surface area (Å²) in [6.45, 7) is 0. The van der Waals surface area contributed by atoms with Crippen LogP contribution in [0, 0.1) is 11.6 Å². The number of carbonyl (C=O) groups is 1. The molecule has 0 aliphatic rings. The molecule has 0 saturated carbocycles. The molecule has 0 unspecified atom stereocenters. The van der Waals surface area contributed by atoms with Gasteiger partial charge in [-0.05, 0) is 42.5 Å². The Morgan fingerprint density at radius 3 is 2.41 bits per heavy atom. The van der Waals surface area contributed by atoms with Gasteiger partial charge in [0.1, 0.15) is 16.8 Å². The number of nitrogens with zero attached hydrogens (tertiary/aromatic N) is 1. The van der Waals surface area contributed by atoms with Crippen molar-refractivity contribution in [1.29, 1.82) is 0 Å². The highest BCUT2D eigenvalue weighted by Gasteiger charge is 2.14. The van der Waals surface area contributed by atoms with E-state index in [4.69, 9.17) is 11.6 Å². The van der Waals surface area contributed by atoms with Crippen LogP contribution in [0.4, 0.5) is 14.5 Å². The predicted molar refractivity (Wildman–Crippen MR) is 81.1 cm³/mol. The minimum Gasteiger partial charge on any atom is -0.322 e. The number of carbonyl (C=O) groups excluding carboxylic acids is 1. The van der Waals surface area contributed by atoms with Crippen LogP contribution in [0.3, 0.4) is 0 Å². The molecule has 0 fully saturated rings. The van der Waals surface area contributed by atoms with Crippen LogP contribution in [0.15, 0.2) is 48.5 Å². The lowest BCUT2D eigenvalue weighted by molar-refractivity contribution is 0.102. The zero-order valence-electron chi connectivity index (χ0n) is 11.1. The molecule has 22 heavy (non-hydrogen) atoms. The van der Waals surface area contributed by atoms with Crippen LogP contribution in [0.5, 0.6) is 0 Å². The fourth-order valence-electron chi connectivity index (χ4n) is 2.01. The molecule has 0 spiro atoms. The highest BCUT2D eigenvalue weighted by Crippen LogP contribution is 2.22. The molecule has 0 radical (unpaired) electrons. The highest BCUT2D eigenvalue weighted by atomic mass is 35.5. The zero-order chi connectivity index (χ0) is 15.7. The lowest BCUT2D eigenvalue weighted by atomic mass is 10.1. The quantitative estimate of drug-likeness (QED) is 0.711. The van der Waals surface area contributed by atoms with Crippen molar-refractivity contribution >= 4 is 34.1 Å². The van der Waals surface area contributed by atoms with Crippen LogP contribution < -0.4 is 5.32 Å². The van der Waals surface area contributed by atoms with Crippen molar-refractivity contribution in [3.05, 3.63) is 70.9 Å². The Kier molecular flexibility index (Phi) is 3.73. The van der Waals surface area contributed by atoms with Crippen molar-refractivity contribution in [1.82, 2.24) is 4.98 Å². The van der Waals surface area contributed by atoms with E-state index in [0.717, 1.165) is 0 Å². The van der Waals surface area contributed by atoms with Gasteiger partial charge in [-0.15, -0.1) is 0 Å². The Morgan fingerprint density at radius 2 is 1.68 bits per heavy atom. The summed E-state index contributed by atoms with van der Waals surface area (Å²) in [7, 11) is 0. The van der Waals surface area contributed by atoms with E-state index in [9.17, 15) is 13.6 Å². The molecule has 2 aromatic carbocycles. The first-order valence-electron chi connectivity index (χ1n) is 6.36. The van der Waals surface area contributed by atoms with Gasteiger partial charge < -0.3 is 5.32 Å². The van der Waals surface area contributed by atoms with Crippen LogP contribution in [-0.2, 0) is 0 Å². The van der Waals surface area contributed by atoms with Crippen LogP contribution in [0.2, 0.25) is 5.15 Å². The summed E-state index contributed by atoms with van der Waals surface area (Å²) in [5.41, 5.74) is 0.954. The summed E-state index contributed by atoms with van der Waals surface area (Å²) in [5.74, 6) is -1.31. The van der Waals surface area contributed by atoms with E-state index in [-0.39, 0.29) is 10.7 Å². The topological polar surface area (TPSA) is 42.0 Å². The maximum atomic E-state index is 13.2. The first kappa shape index (κ1) is 14.4. The van der Waals surface area contributed by atoms with E-state index in [1.54, 1.807) is 0 Å². The summed E-state index contributed by atoms with van der Waals surface area (Å²) < 4.78 is 26.0. The largest absolute Gasteiger partial charge is 0.322 e. The summed E-state index contributed by atoms with van der Waals surface area (Å²) >= 11 is 5.99. The smallest absolute Gasteiger partial charge is 0.258 e. The number of pyridine rings is 1. The maximum absolute atomic E-state index is 13.2. The molecule has 0 aliphatic carbocycles. The minimum atomic E-state index is -0.477. The van der Waals surface area contributed by atoms with E-state index < -0.39 is 17.5 Å². The number of halogens is 3. The highest BCUT2D eigenvalue weighted by molar-refractivity contribution is 6.33. The van der Waals surface area contributed by atoms with Crippen LogP contribution in [0.1, 0.15) is 10.4 Å². The van der Waals surface area contributed by atoms with E-state index >= 15 is 0 Å². The number of anilines is 1. The van der Waals surface area contributed by atoms with Crippen molar-refractivity contribution in [2.24, 2.45) is 0 Å². The third-order valence-corrected chi connectivity index (χ3v) is 3.37. The molecule has 0 bridgehead atoms. The third-order valence-electron chi connectivity index (χ3n) is 3.08. The minimum absolute atomic E-state index is 0.0299. The summed E-state index contributed by atoms with van der Waals surface area (Å²) in [4.78, 5) is 16.2. The molecule has 1 amide bonds. The predicted octanol–water partition coefficient (Wildman–Crippen LogP) is 4.42. The molecule has 1 N–H and O–H groups in total. The second-order valence-corrected chi connectivity index (χ2v) is 4.98. The molecule has 1 aromatic heterocycles. The van der Waals surface area contributed by atoms with Crippen LogP contribution in [0.25, 0.3) is 10.9 Å². The van der Waals surface area contributed by atoms with Crippen LogP contribution >= 0.6 is 11.6 Å².